The molecule has 4 aromatic heterocycles. The molecule has 13 aromatic rings. The normalized spacial score (nSPS) is 12.2. The lowest BCUT2D eigenvalue weighted by Crippen LogP contribution is -1.96. The Kier molecular flexibility index (Phi) is 6.67. The second-order valence-corrected chi connectivity index (χ2v) is 18.1. The van der Waals surface area contributed by atoms with Gasteiger partial charge in [-0.1, -0.05) is 115 Å². The SMILES string of the molecule is c1ccc2c(c1)sc1ccc(-c3cc(-c4ccc5sc6ccccc6c5c4)nc(-c4ccc5c(c4)c4ccccc4c4c5ccc5c6ccccc6sc54)n3)cc12. The monoisotopic (exact) mass is 776 g/mol. The molecule has 0 aliphatic rings. The van der Waals surface area contributed by atoms with Gasteiger partial charge in [-0.25, -0.2) is 9.97 Å². The van der Waals surface area contributed by atoms with E-state index in [1.165, 1.54) is 92.8 Å². The topological polar surface area (TPSA) is 25.8 Å². The molecule has 0 bridgehead atoms. The Balaban J connectivity index is 1.06. The highest BCUT2D eigenvalue weighted by molar-refractivity contribution is 7.27. The Morgan fingerprint density at radius 2 is 0.702 bits per heavy atom. The lowest BCUT2D eigenvalue weighted by atomic mass is 9.92. The molecule has 4 heterocycles. The van der Waals surface area contributed by atoms with Crippen molar-refractivity contribution in [3.05, 3.63) is 170 Å². The molecule has 2 nitrogen and oxygen atoms in total. The first-order valence-corrected chi connectivity index (χ1v) is 21.6. The van der Waals surface area contributed by atoms with Crippen LogP contribution in [0.2, 0.25) is 0 Å². The number of nitrogens with zero attached hydrogens (tertiary/aromatic N) is 2. The third-order valence-corrected chi connectivity index (χ3v) is 15.2. The Morgan fingerprint density at radius 1 is 0.281 bits per heavy atom. The molecule has 5 heteroatoms. The van der Waals surface area contributed by atoms with Gasteiger partial charge in [-0.2, -0.15) is 0 Å². The molecule has 0 N–H and O–H groups in total. The van der Waals surface area contributed by atoms with E-state index in [2.05, 4.69) is 170 Å². The van der Waals surface area contributed by atoms with Gasteiger partial charge in [0.25, 0.3) is 0 Å². The molecule has 0 aliphatic carbocycles. The van der Waals surface area contributed by atoms with Crippen LogP contribution in [0.5, 0.6) is 0 Å². The second kappa shape index (κ2) is 12.0. The molecular formula is C52H28N2S3. The van der Waals surface area contributed by atoms with Crippen molar-refractivity contribution in [1.82, 2.24) is 9.97 Å². The fourth-order valence-electron chi connectivity index (χ4n) is 9.00. The molecule has 0 fully saturated rings. The van der Waals surface area contributed by atoms with Gasteiger partial charge in [0.15, 0.2) is 5.82 Å². The summed E-state index contributed by atoms with van der Waals surface area (Å²) < 4.78 is 7.84. The van der Waals surface area contributed by atoms with Gasteiger partial charge < -0.3 is 0 Å². The Bertz CT molecular complexity index is 3680. The predicted octanol–water partition coefficient (Wildman–Crippen LogP) is 16.0. The number of thiophene rings is 3. The van der Waals surface area contributed by atoms with E-state index >= 15 is 0 Å². The van der Waals surface area contributed by atoms with E-state index in [0.717, 1.165) is 33.9 Å². The summed E-state index contributed by atoms with van der Waals surface area (Å²) in [6.45, 7) is 0. The second-order valence-electron chi connectivity index (χ2n) is 14.8. The lowest BCUT2D eigenvalue weighted by molar-refractivity contribution is 1.19. The highest BCUT2D eigenvalue weighted by atomic mass is 32.1. The standard InChI is InChI=1S/C52H28N2S3/c1-2-13-37-32(9-1)40-27-31(17-20-33(40)38-21-22-39-34-10-3-8-16-47(34)57-51(39)50(37)38)52-53-43(29-18-23-48-41(25-29)35-11-4-6-14-45(35)55-48)28-44(54-52)30-19-24-49-42(26-30)36-12-5-7-15-46(36)56-49/h1-28H. The van der Waals surface area contributed by atoms with Crippen molar-refractivity contribution >= 4 is 127 Å². The van der Waals surface area contributed by atoms with Crippen LogP contribution in [0.4, 0.5) is 0 Å². The quantitative estimate of drug-likeness (QED) is 0.167. The van der Waals surface area contributed by atoms with Crippen molar-refractivity contribution in [2.75, 3.05) is 0 Å². The largest absolute Gasteiger partial charge is 0.228 e. The van der Waals surface area contributed by atoms with Crippen LogP contribution in [0, 0.1) is 0 Å². The molecular weight excluding hydrogens is 749 g/mol. The van der Waals surface area contributed by atoms with E-state index in [1.54, 1.807) is 0 Å². The Hall–Kier alpha value is -6.50. The average molecular weight is 777 g/mol. The molecule has 0 radical (unpaired) electrons. The highest BCUT2D eigenvalue weighted by Gasteiger charge is 2.18. The van der Waals surface area contributed by atoms with E-state index in [1.807, 2.05) is 34.0 Å². The average Bonchev–Trinajstić information content (AvgIpc) is 3.97. The molecule has 264 valence electrons. The number of rotatable bonds is 3. The number of benzene rings is 9. The van der Waals surface area contributed by atoms with Crippen LogP contribution in [0.15, 0.2) is 170 Å². The van der Waals surface area contributed by atoms with E-state index in [0.29, 0.717) is 0 Å². The minimum absolute atomic E-state index is 0.721. The summed E-state index contributed by atoms with van der Waals surface area (Å²) in [7, 11) is 0. The molecule has 0 spiro atoms. The smallest absolute Gasteiger partial charge is 0.160 e. The maximum Gasteiger partial charge on any atom is 0.160 e. The van der Waals surface area contributed by atoms with Crippen molar-refractivity contribution in [2.24, 2.45) is 0 Å². The lowest BCUT2D eigenvalue weighted by Gasteiger charge is -2.14. The molecule has 0 atom stereocenters. The third kappa shape index (κ3) is 4.74. The van der Waals surface area contributed by atoms with Gasteiger partial charge in [-0.05, 0) is 81.5 Å². The van der Waals surface area contributed by atoms with Crippen LogP contribution in [0.3, 0.4) is 0 Å². The number of aromatic nitrogens is 2. The van der Waals surface area contributed by atoms with E-state index < -0.39 is 0 Å². The van der Waals surface area contributed by atoms with Gasteiger partial charge in [0.2, 0.25) is 0 Å². The van der Waals surface area contributed by atoms with Crippen molar-refractivity contribution in [1.29, 1.82) is 0 Å². The molecule has 0 amide bonds. The summed E-state index contributed by atoms with van der Waals surface area (Å²) in [5, 5.41) is 15.3. The fraction of sp³-hybridized carbons (Fsp3) is 0. The highest BCUT2D eigenvalue weighted by Crippen LogP contribution is 2.45. The molecule has 0 saturated heterocycles. The van der Waals surface area contributed by atoms with E-state index in [9.17, 15) is 0 Å². The van der Waals surface area contributed by atoms with Crippen LogP contribution < -0.4 is 0 Å². The van der Waals surface area contributed by atoms with Crippen molar-refractivity contribution in [2.45, 2.75) is 0 Å². The van der Waals surface area contributed by atoms with Crippen LogP contribution >= 0.6 is 34.0 Å². The van der Waals surface area contributed by atoms with Crippen LogP contribution in [0.25, 0.3) is 127 Å². The Morgan fingerprint density at radius 3 is 1.33 bits per heavy atom. The number of fused-ring (bicyclic) bond motifs is 16. The van der Waals surface area contributed by atoms with Crippen LogP contribution in [-0.4, -0.2) is 9.97 Å². The molecule has 57 heavy (non-hydrogen) atoms. The molecule has 9 aromatic carbocycles. The van der Waals surface area contributed by atoms with Crippen molar-refractivity contribution in [3.8, 4) is 33.9 Å². The van der Waals surface area contributed by atoms with E-state index in [4.69, 9.17) is 9.97 Å². The third-order valence-electron chi connectivity index (χ3n) is 11.7. The van der Waals surface area contributed by atoms with Gasteiger partial charge in [0, 0.05) is 82.6 Å². The summed E-state index contributed by atoms with van der Waals surface area (Å²) in [5.41, 5.74) is 5.00. The first-order valence-electron chi connectivity index (χ1n) is 19.1. The summed E-state index contributed by atoms with van der Waals surface area (Å²) in [4.78, 5) is 10.8. The molecule has 0 unspecified atom stereocenters. The number of hydrogen-bond acceptors (Lipinski definition) is 5. The first-order chi connectivity index (χ1) is 28.2. The van der Waals surface area contributed by atoms with Crippen LogP contribution in [-0.2, 0) is 0 Å². The predicted molar refractivity (Wildman–Crippen MR) is 250 cm³/mol. The van der Waals surface area contributed by atoms with Gasteiger partial charge in [-0.15, -0.1) is 34.0 Å². The number of hydrogen-bond donors (Lipinski definition) is 0. The maximum atomic E-state index is 5.38. The zero-order chi connectivity index (χ0) is 37.2. The first kappa shape index (κ1) is 31.7. The molecule has 0 saturated carbocycles. The summed E-state index contributed by atoms with van der Waals surface area (Å²) in [5.74, 6) is 0.721. The van der Waals surface area contributed by atoms with Crippen LogP contribution in [0.1, 0.15) is 0 Å². The summed E-state index contributed by atoms with van der Waals surface area (Å²) >= 11 is 5.58. The fourth-order valence-corrected chi connectivity index (χ4v) is 12.4. The van der Waals surface area contributed by atoms with Gasteiger partial charge in [-0.3, -0.25) is 0 Å². The minimum atomic E-state index is 0.721. The molecule has 13 rings (SSSR count). The zero-order valence-electron chi connectivity index (χ0n) is 30.3. The Labute approximate surface area is 338 Å². The van der Waals surface area contributed by atoms with E-state index in [-0.39, 0.29) is 0 Å². The van der Waals surface area contributed by atoms with Crippen molar-refractivity contribution < 1.29 is 0 Å². The summed E-state index contributed by atoms with van der Waals surface area (Å²) in [6.07, 6.45) is 0. The van der Waals surface area contributed by atoms with Gasteiger partial charge in [0.1, 0.15) is 0 Å². The maximum absolute atomic E-state index is 5.38. The van der Waals surface area contributed by atoms with Gasteiger partial charge in [0.05, 0.1) is 11.4 Å². The minimum Gasteiger partial charge on any atom is -0.228 e. The molecule has 0 aliphatic heterocycles. The zero-order valence-corrected chi connectivity index (χ0v) is 32.7. The summed E-state index contributed by atoms with van der Waals surface area (Å²) in [6, 6.07) is 62.3. The van der Waals surface area contributed by atoms with Gasteiger partial charge >= 0.3 is 0 Å². The van der Waals surface area contributed by atoms with Crippen molar-refractivity contribution in [3.63, 3.8) is 0 Å².